The summed E-state index contributed by atoms with van der Waals surface area (Å²) in [6.45, 7) is 0.612. The Hall–Kier alpha value is -1.88. The van der Waals surface area contributed by atoms with Gasteiger partial charge in [-0.3, -0.25) is 4.79 Å². The lowest BCUT2D eigenvalue weighted by Crippen LogP contribution is -2.32. The first-order valence-corrected chi connectivity index (χ1v) is 7.68. The second-order valence-electron chi connectivity index (χ2n) is 5.86. The molecule has 21 heavy (non-hydrogen) atoms. The van der Waals surface area contributed by atoms with E-state index in [2.05, 4.69) is 15.3 Å². The first-order valence-electron chi connectivity index (χ1n) is 7.68. The van der Waals surface area contributed by atoms with Gasteiger partial charge in [0.25, 0.3) is 0 Å². The third kappa shape index (κ3) is 3.42. The molecule has 3 rings (SSSR count). The highest BCUT2D eigenvalue weighted by Crippen LogP contribution is 2.26. The summed E-state index contributed by atoms with van der Waals surface area (Å²) in [5.41, 5.74) is 8.00. The summed E-state index contributed by atoms with van der Waals surface area (Å²) in [4.78, 5) is 19.7. The lowest BCUT2D eigenvalue weighted by molar-refractivity contribution is -0.122. The van der Waals surface area contributed by atoms with Crippen molar-refractivity contribution in [3.05, 3.63) is 30.1 Å². The summed E-state index contributed by atoms with van der Waals surface area (Å²) in [6.07, 6.45) is 4.56. The molecule has 1 fully saturated rings. The molecular weight excluding hydrogens is 264 g/mol. The van der Waals surface area contributed by atoms with Crippen LogP contribution < -0.4 is 11.1 Å². The summed E-state index contributed by atoms with van der Waals surface area (Å²) in [7, 11) is 0. The summed E-state index contributed by atoms with van der Waals surface area (Å²) in [5, 5.41) is 2.97. The van der Waals surface area contributed by atoms with E-state index in [0.717, 1.165) is 42.5 Å². The lowest BCUT2D eigenvalue weighted by atomic mass is 10.00. The number of aromatic nitrogens is 2. The Balaban J connectivity index is 1.46. The summed E-state index contributed by atoms with van der Waals surface area (Å²) in [6, 6.07) is 8.14. The number of nitrogens with one attached hydrogen (secondary N) is 2. The van der Waals surface area contributed by atoms with Crippen LogP contribution in [0.1, 0.15) is 31.5 Å². The van der Waals surface area contributed by atoms with Crippen molar-refractivity contribution in [2.75, 3.05) is 6.54 Å². The maximum atomic E-state index is 11.9. The van der Waals surface area contributed by atoms with E-state index in [-0.39, 0.29) is 11.9 Å². The maximum absolute atomic E-state index is 11.9. The monoisotopic (exact) mass is 286 g/mol. The van der Waals surface area contributed by atoms with Gasteiger partial charge in [0.15, 0.2) is 0 Å². The average Bonchev–Trinajstić information content (AvgIpc) is 3.05. The van der Waals surface area contributed by atoms with Crippen molar-refractivity contribution in [1.29, 1.82) is 0 Å². The number of fused-ring (bicyclic) bond motifs is 1. The Morgan fingerprint density at radius 2 is 2.24 bits per heavy atom. The van der Waals surface area contributed by atoms with Gasteiger partial charge in [-0.2, -0.15) is 0 Å². The minimum atomic E-state index is 0.105. The van der Waals surface area contributed by atoms with Gasteiger partial charge in [-0.1, -0.05) is 18.6 Å². The fourth-order valence-electron chi connectivity index (χ4n) is 3.07. The Labute approximate surface area is 124 Å². The predicted octanol–water partition coefficient (Wildman–Crippen LogP) is 1.74. The Kier molecular flexibility index (Phi) is 4.20. The summed E-state index contributed by atoms with van der Waals surface area (Å²) in [5.74, 6) is 1.37. The number of nitrogens with zero attached hydrogens (tertiary/aromatic N) is 1. The zero-order valence-corrected chi connectivity index (χ0v) is 12.1. The van der Waals surface area contributed by atoms with Crippen molar-refractivity contribution in [2.45, 2.75) is 38.1 Å². The molecule has 1 aliphatic carbocycles. The standard InChI is InChI=1S/C16H22N4O/c17-12-5-3-4-11(12)10-16(21)18-9-8-15-19-13-6-1-2-7-14(13)20-15/h1-2,6-7,11-12H,3-5,8-10,17H2,(H,18,21)(H,19,20)/t11-,12+/m0/s1. The second-order valence-corrected chi connectivity index (χ2v) is 5.86. The van der Waals surface area contributed by atoms with E-state index in [9.17, 15) is 4.79 Å². The highest BCUT2D eigenvalue weighted by molar-refractivity contribution is 5.76. The fourth-order valence-corrected chi connectivity index (χ4v) is 3.07. The minimum Gasteiger partial charge on any atom is -0.356 e. The molecule has 1 saturated carbocycles. The number of rotatable bonds is 5. The number of hydrogen-bond donors (Lipinski definition) is 3. The van der Waals surface area contributed by atoms with Gasteiger partial charge in [0.05, 0.1) is 11.0 Å². The van der Waals surface area contributed by atoms with Crippen LogP contribution >= 0.6 is 0 Å². The van der Waals surface area contributed by atoms with Crippen molar-refractivity contribution in [3.8, 4) is 0 Å². The summed E-state index contributed by atoms with van der Waals surface area (Å²) < 4.78 is 0. The number of aromatic amines is 1. The molecule has 0 radical (unpaired) electrons. The van der Waals surface area contributed by atoms with E-state index in [4.69, 9.17) is 5.73 Å². The van der Waals surface area contributed by atoms with Crippen LogP contribution in [0.25, 0.3) is 11.0 Å². The molecule has 5 nitrogen and oxygen atoms in total. The van der Waals surface area contributed by atoms with E-state index in [1.54, 1.807) is 0 Å². The molecule has 0 aliphatic heterocycles. The van der Waals surface area contributed by atoms with Gasteiger partial charge in [-0.25, -0.2) is 4.98 Å². The van der Waals surface area contributed by atoms with Crippen LogP contribution in [0.15, 0.2) is 24.3 Å². The van der Waals surface area contributed by atoms with Gasteiger partial charge in [-0.05, 0) is 30.9 Å². The zero-order valence-electron chi connectivity index (χ0n) is 12.1. The van der Waals surface area contributed by atoms with Gasteiger partial charge in [0, 0.05) is 25.4 Å². The third-order valence-electron chi connectivity index (χ3n) is 4.29. The van der Waals surface area contributed by atoms with Gasteiger partial charge >= 0.3 is 0 Å². The third-order valence-corrected chi connectivity index (χ3v) is 4.29. The molecule has 1 aromatic heterocycles. The molecule has 2 atom stereocenters. The van der Waals surface area contributed by atoms with Crippen molar-refractivity contribution in [3.63, 3.8) is 0 Å². The summed E-state index contributed by atoms with van der Waals surface area (Å²) >= 11 is 0. The van der Waals surface area contributed by atoms with E-state index < -0.39 is 0 Å². The number of amides is 1. The van der Waals surface area contributed by atoms with Crippen LogP contribution in [0.3, 0.4) is 0 Å². The van der Waals surface area contributed by atoms with Crippen molar-refractivity contribution in [1.82, 2.24) is 15.3 Å². The molecule has 0 saturated heterocycles. The molecule has 5 heteroatoms. The predicted molar refractivity (Wildman–Crippen MR) is 82.7 cm³/mol. The Morgan fingerprint density at radius 1 is 1.38 bits per heavy atom. The first-order chi connectivity index (χ1) is 10.2. The number of nitrogens with two attached hydrogens (primary N) is 1. The van der Waals surface area contributed by atoms with E-state index in [0.29, 0.717) is 18.9 Å². The smallest absolute Gasteiger partial charge is 0.220 e. The second kappa shape index (κ2) is 6.26. The van der Waals surface area contributed by atoms with Gasteiger partial charge in [0.2, 0.25) is 5.91 Å². The van der Waals surface area contributed by atoms with E-state index in [1.165, 1.54) is 0 Å². The van der Waals surface area contributed by atoms with Crippen LogP contribution in [-0.4, -0.2) is 28.5 Å². The molecule has 1 amide bonds. The fraction of sp³-hybridized carbons (Fsp3) is 0.500. The largest absolute Gasteiger partial charge is 0.356 e. The molecule has 1 heterocycles. The topological polar surface area (TPSA) is 83.8 Å². The van der Waals surface area contributed by atoms with E-state index in [1.807, 2.05) is 24.3 Å². The molecule has 0 unspecified atom stereocenters. The minimum absolute atomic E-state index is 0.105. The maximum Gasteiger partial charge on any atom is 0.220 e. The van der Waals surface area contributed by atoms with Crippen LogP contribution in [-0.2, 0) is 11.2 Å². The number of benzene rings is 1. The number of carbonyl (C=O) groups excluding carboxylic acids is 1. The molecule has 1 aromatic carbocycles. The van der Waals surface area contributed by atoms with Crippen LogP contribution in [0.4, 0.5) is 0 Å². The van der Waals surface area contributed by atoms with E-state index >= 15 is 0 Å². The highest BCUT2D eigenvalue weighted by atomic mass is 16.1. The molecular formula is C16H22N4O. The molecule has 0 bridgehead atoms. The van der Waals surface area contributed by atoms with Gasteiger partial charge < -0.3 is 16.0 Å². The number of carbonyl (C=O) groups is 1. The molecule has 0 spiro atoms. The number of para-hydroxylation sites is 2. The van der Waals surface area contributed by atoms with Crippen LogP contribution in [0.5, 0.6) is 0 Å². The molecule has 2 aromatic rings. The quantitative estimate of drug-likeness (QED) is 0.783. The first kappa shape index (κ1) is 14.1. The lowest BCUT2D eigenvalue weighted by Gasteiger charge is -2.14. The van der Waals surface area contributed by atoms with Crippen LogP contribution in [0, 0.1) is 5.92 Å². The Morgan fingerprint density at radius 3 is 3.00 bits per heavy atom. The normalized spacial score (nSPS) is 21.8. The molecule has 1 aliphatic rings. The number of imidazole rings is 1. The zero-order chi connectivity index (χ0) is 14.7. The molecule has 4 N–H and O–H groups in total. The highest BCUT2D eigenvalue weighted by Gasteiger charge is 2.25. The van der Waals surface area contributed by atoms with Crippen LogP contribution in [0.2, 0.25) is 0 Å². The Bertz CT molecular complexity index is 589. The van der Waals surface area contributed by atoms with Gasteiger partial charge in [-0.15, -0.1) is 0 Å². The number of H-pyrrole nitrogens is 1. The van der Waals surface area contributed by atoms with Crippen molar-refractivity contribution >= 4 is 16.9 Å². The SMILES string of the molecule is N[C@@H]1CCC[C@H]1CC(=O)NCCc1nc2ccccc2[nH]1. The average molecular weight is 286 g/mol. The van der Waals surface area contributed by atoms with Gasteiger partial charge in [0.1, 0.15) is 5.82 Å². The number of hydrogen-bond acceptors (Lipinski definition) is 3. The van der Waals surface area contributed by atoms with Crippen molar-refractivity contribution in [2.24, 2.45) is 11.7 Å². The molecule has 112 valence electrons. The van der Waals surface area contributed by atoms with Crippen molar-refractivity contribution < 1.29 is 4.79 Å².